The Hall–Kier alpha value is -1.62. The van der Waals surface area contributed by atoms with E-state index in [1.54, 1.807) is 6.33 Å². The van der Waals surface area contributed by atoms with Crippen molar-refractivity contribution < 1.29 is 0 Å². The second-order valence-electron chi connectivity index (χ2n) is 4.61. The lowest BCUT2D eigenvalue weighted by atomic mass is 10.2. The lowest BCUT2D eigenvalue weighted by Gasteiger charge is -2.27. The first-order valence-electron chi connectivity index (χ1n) is 6.15. The summed E-state index contributed by atoms with van der Waals surface area (Å²) in [7, 11) is 0. The molecule has 5 heteroatoms. The Bertz CT molecular complexity index is 513. The van der Waals surface area contributed by atoms with Crippen LogP contribution in [-0.2, 0) is 0 Å². The highest BCUT2D eigenvalue weighted by molar-refractivity contribution is 5.50. The molecule has 0 aromatic carbocycles. The fraction of sp³-hybridized carbons (Fsp3) is 0.500. The molecule has 0 atom stereocenters. The minimum atomic E-state index is 0.893. The largest absolute Gasteiger partial charge is 0.303 e. The molecule has 90 valence electrons. The zero-order valence-electron chi connectivity index (χ0n) is 10.1. The van der Waals surface area contributed by atoms with Crippen LogP contribution in [0.4, 0.5) is 5.82 Å². The second-order valence-corrected chi connectivity index (χ2v) is 4.61. The Morgan fingerprint density at radius 1 is 1.18 bits per heavy atom. The minimum absolute atomic E-state index is 0.893. The van der Waals surface area contributed by atoms with Crippen molar-refractivity contribution in [2.75, 3.05) is 18.5 Å². The highest BCUT2D eigenvalue weighted by Crippen LogP contribution is 2.16. The van der Waals surface area contributed by atoms with Crippen LogP contribution in [0, 0.1) is 6.92 Å². The van der Waals surface area contributed by atoms with Gasteiger partial charge in [-0.2, -0.15) is 9.61 Å². The molecular formula is C12H17N5. The van der Waals surface area contributed by atoms with Gasteiger partial charge in [0.15, 0.2) is 5.65 Å². The molecule has 0 amide bonds. The molecular weight excluding hydrogens is 214 g/mol. The van der Waals surface area contributed by atoms with Crippen molar-refractivity contribution in [1.29, 1.82) is 0 Å². The first-order valence-corrected chi connectivity index (χ1v) is 6.15. The highest BCUT2D eigenvalue weighted by Gasteiger charge is 2.12. The van der Waals surface area contributed by atoms with Gasteiger partial charge in [0.05, 0.1) is 0 Å². The summed E-state index contributed by atoms with van der Waals surface area (Å²) in [6.07, 6.45) is 5.46. The van der Waals surface area contributed by atoms with Gasteiger partial charge in [-0.05, 0) is 37.5 Å². The van der Waals surface area contributed by atoms with Crippen molar-refractivity contribution in [3.05, 3.63) is 24.0 Å². The third-order valence-electron chi connectivity index (χ3n) is 3.15. The normalized spacial score (nSPS) is 17.5. The first-order chi connectivity index (χ1) is 8.33. The van der Waals surface area contributed by atoms with Crippen molar-refractivity contribution in [1.82, 2.24) is 19.6 Å². The smallest absolute Gasteiger partial charge is 0.157 e. The van der Waals surface area contributed by atoms with Gasteiger partial charge < -0.3 is 5.43 Å². The SMILES string of the molecule is Cc1cc(NN2CCCCC2)n2ncnc2c1. The summed E-state index contributed by atoms with van der Waals surface area (Å²) in [5.41, 5.74) is 5.54. The molecule has 1 aliphatic rings. The van der Waals surface area contributed by atoms with E-state index in [9.17, 15) is 0 Å². The molecule has 17 heavy (non-hydrogen) atoms. The second kappa shape index (κ2) is 4.33. The van der Waals surface area contributed by atoms with Crippen molar-refractivity contribution in [2.45, 2.75) is 26.2 Å². The van der Waals surface area contributed by atoms with E-state index in [0.29, 0.717) is 0 Å². The first kappa shape index (κ1) is 10.5. The Balaban J connectivity index is 1.90. The van der Waals surface area contributed by atoms with Crippen LogP contribution >= 0.6 is 0 Å². The number of rotatable bonds is 2. The quantitative estimate of drug-likeness (QED) is 0.856. The van der Waals surface area contributed by atoms with Crippen LogP contribution < -0.4 is 5.43 Å². The van der Waals surface area contributed by atoms with Crippen molar-refractivity contribution in [3.63, 3.8) is 0 Å². The topological polar surface area (TPSA) is 45.5 Å². The van der Waals surface area contributed by atoms with E-state index < -0.39 is 0 Å². The van der Waals surface area contributed by atoms with Gasteiger partial charge in [0.1, 0.15) is 12.1 Å². The van der Waals surface area contributed by atoms with Gasteiger partial charge in [-0.25, -0.2) is 9.99 Å². The number of hydrazine groups is 1. The number of aromatic nitrogens is 3. The number of hydrogen-bond donors (Lipinski definition) is 1. The third kappa shape index (κ3) is 2.10. The molecule has 1 saturated heterocycles. The van der Waals surface area contributed by atoms with Crippen molar-refractivity contribution >= 4 is 11.5 Å². The molecule has 0 unspecified atom stereocenters. The number of piperidine rings is 1. The minimum Gasteiger partial charge on any atom is -0.303 e. The van der Waals surface area contributed by atoms with E-state index in [2.05, 4.69) is 33.5 Å². The van der Waals surface area contributed by atoms with Gasteiger partial charge in [0.25, 0.3) is 0 Å². The Kier molecular flexibility index (Phi) is 2.68. The number of nitrogens with zero attached hydrogens (tertiary/aromatic N) is 4. The molecule has 0 bridgehead atoms. The van der Waals surface area contributed by atoms with Gasteiger partial charge in [-0.15, -0.1) is 0 Å². The summed E-state index contributed by atoms with van der Waals surface area (Å²) in [6.45, 7) is 4.28. The molecule has 0 radical (unpaired) electrons. The predicted octanol–water partition coefficient (Wildman–Crippen LogP) is 1.85. The lowest BCUT2D eigenvalue weighted by molar-refractivity contribution is 0.271. The van der Waals surface area contributed by atoms with E-state index >= 15 is 0 Å². The maximum absolute atomic E-state index is 4.24. The van der Waals surface area contributed by atoms with Crippen LogP contribution in [0.2, 0.25) is 0 Å². The summed E-state index contributed by atoms with van der Waals surface area (Å²) < 4.78 is 1.85. The van der Waals surface area contributed by atoms with Crippen LogP contribution in [0.15, 0.2) is 18.5 Å². The molecule has 2 aromatic heterocycles. The molecule has 0 saturated carbocycles. The fourth-order valence-corrected chi connectivity index (χ4v) is 2.30. The number of hydrogen-bond acceptors (Lipinski definition) is 4. The molecule has 0 spiro atoms. The van der Waals surface area contributed by atoms with Crippen molar-refractivity contribution in [3.8, 4) is 0 Å². The summed E-state index contributed by atoms with van der Waals surface area (Å²) in [5, 5.41) is 6.50. The van der Waals surface area contributed by atoms with Crippen LogP contribution in [0.1, 0.15) is 24.8 Å². The zero-order chi connectivity index (χ0) is 11.7. The van der Waals surface area contributed by atoms with E-state index in [0.717, 1.165) is 24.6 Å². The van der Waals surface area contributed by atoms with Gasteiger partial charge in [0.2, 0.25) is 0 Å². The molecule has 1 N–H and O–H groups in total. The number of pyridine rings is 1. The maximum atomic E-state index is 4.24. The van der Waals surface area contributed by atoms with Crippen LogP contribution in [0.5, 0.6) is 0 Å². The van der Waals surface area contributed by atoms with E-state index in [1.165, 1.54) is 24.8 Å². The van der Waals surface area contributed by atoms with Crippen LogP contribution in [-0.4, -0.2) is 32.7 Å². The van der Waals surface area contributed by atoms with E-state index in [4.69, 9.17) is 0 Å². The summed E-state index contributed by atoms with van der Waals surface area (Å²) in [4.78, 5) is 4.23. The average molecular weight is 231 g/mol. The summed E-state index contributed by atoms with van der Waals surface area (Å²) >= 11 is 0. The molecule has 3 rings (SSSR count). The maximum Gasteiger partial charge on any atom is 0.157 e. The van der Waals surface area contributed by atoms with E-state index in [1.807, 2.05) is 10.6 Å². The van der Waals surface area contributed by atoms with Crippen molar-refractivity contribution in [2.24, 2.45) is 0 Å². The monoisotopic (exact) mass is 231 g/mol. The molecule has 2 aromatic rings. The summed E-state index contributed by atoms with van der Waals surface area (Å²) in [6, 6.07) is 4.14. The van der Waals surface area contributed by atoms with E-state index in [-0.39, 0.29) is 0 Å². The molecule has 3 heterocycles. The van der Waals surface area contributed by atoms with Crippen LogP contribution in [0.3, 0.4) is 0 Å². The van der Waals surface area contributed by atoms with Crippen LogP contribution in [0.25, 0.3) is 5.65 Å². The number of anilines is 1. The molecule has 0 aliphatic carbocycles. The Morgan fingerprint density at radius 3 is 2.82 bits per heavy atom. The molecule has 5 nitrogen and oxygen atoms in total. The van der Waals surface area contributed by atoms with Gasteiger partial charge in [0, 0.05) is 13.1 Å². The Morgan fingerprint density at radius 2 is 2.00 bits per heavy atom. The zero-order valence-corrected chi connectivity index (χ0v) is 10.1. The van der Waals surface area contributed by atoms with Gasteiger partial charge >= 0.3 is 0 Å². The standard InChI is InChI=1S/C12H17N5/c1-10-7-11-13-9-14-17(11)12(8-10)15-16-5-3-2-4-6-16/h7-9,15H,2-6H2,1H3. The molecule has 1 aliphatic heterocycles. The average Bonchev–Trinajstić information content (AvgIpc) is 2.78. The predicted molar refractivity (Wildman–Crippen MR) is 66.8 cm³/mol. The molecule has 1 fully saturated rings. The van der Waals surface area contributed by atoms with Gasteiger partial charge in [-0.3, -0.25) is 0 Å². The lowest BCUT2D eigenvalue weighted by Crippen LogP contribution is -2.35. The summed E-state index contributed by atoms with van der Waals surface area (Å²) in [5.74, 6) is 0.999. The third-order valence-corrected chi connectivity index (χ3v) is 3.15. The van der Waals surface area contributed by atoms with Gasteiger partial charge in [-0.1, -0.05) is 6.42 Å². The number of nitrogens with one attached hydrogen (secondary N) is 1. The fourth-order valence-electron chi connectivity index (χ4n) is 2.30. The number of fused-ring (bicyclic) bond motifs is 1. The number of aryl methyl sites for hydroxylation is 1. The Labute approximate surface area is 100 Å². The highest BCUT2D eigenvalue weighted by atomic mass is 15.5.